The Morgan fingerprint density at radius 1 is 1.18 bits per heavy atom. The minimum atomic E-state index is -1.46. The van der Waals surface area contributed by atoms with Gasteiger partial charge in [0, 0.05) is 44.2 Å². The monoisotopic (exact) mass is 450 g/mol. The number of nitrogens with one attached hydrogen (secondary N) is 3. The molecule has 2 aromatic rings. The zero-order valence-corrected chi connectivity index (χ0v) is 18.5. The van der Waals surface area contributed by atoms with Gasteiger partial charge in [-0.15, -0.1) is 0 Å². The molecule has 9 heteroatoms. The Morgan fingerprint density at radius 2 is 1.94 bits per heavy atom. The van der Waals surface area contributed by atoms with Crippen molar-refractivity contribution in [1.82, 2.24) is 15.5 Å². The highest BCUT2D eigenvalue weighted by Crippen LogP contribution is 2.51. The van der Waals surface area contributed by atoms with Crippen LogP contribution in [0.2, 0.25) is 0 Å². The van der Waals surface area contributed by atoms with Crippen LogP contribution in [-0.4, -0.2) is 42.4 Å². The van der Waals surface area contributed by atoms with E-state index in [-0.39, 0.29) is 30.7 Å². The number of ether oxygens (including phenoxy) is 1. The largest absolute Gasteiger partial charge is 0.427 e. The van der Waals surface area contributed by atoms with Crippen LogP contribution in [0.15, 0.2) is 48.5 Å². The van der Waals surface area contributed by atoms with Crippen molar-refractivity contribution in [3.8, 4) is 0 Å². The number of amides is 5. The highest BCUT2D eigenvalue weighted by atomic mass is 16.6. The predicted octanol–water partition coefficient (Wildman–Crippen LogP) is 2.83. The number of alkyl carbamates (subject to hydrolysis) is 1. The van der Waals surface area contributed by atoms with Crippen molar-refractivity contribution in [1.29, 1.82) is 0 Å². The molecule has 0 saturated carbocycles. The molecule has 0 radical (unpaired) electrons. The first-order chi connectivity index (χ1) is 15.9. The summed E-state index contributed by atoms with van der Waals surface area (Å²) in [5, 5.41) is 7.41. The first-order valence-electron chi connectivity index (χ1n) is 10.9. The SMILES string of the molecule is CCN(Cc1ccccc1)C(=O)CC1C[C@@]2(OC(=O)NC2=O)c2ccc(NC(=O)NC)cc21. The molecular formula is C24H26N4O5. The van der Waals surface area contributed by atoms with Gasteiger partial charge in [0.1, 0.15) is 0 Å². The van der Waals surface area contributed by atoms with Gasteiger partial charge in [-0.1, -0.05) is 36.4 Å². The number of carbonyl (C=O) groups excluding carboxylic acids is 4. The molecule has 3 N–H and O–H groups in total. The lowest BCUT2D eigenvalue weighted by Crippen LogP contribution is -2.35. The lowest BCUT2D eigenvalue weighted by molar-refractivity contribution is -0.135. The maximum absolute atomic E-state index is 13.2. The molecule has 1 unspecified atom stereocenters. The molecule has 2 atom stereocenters. The van der Waals surface area contributed by atoms with Gasteiger partial charge in [0.25, 0.3) is 5.91 Å². The Balaban J connectivity index is 1.62. The van der Waals surface area contributed by atoms with Gasteiger partial charge in [0.15, 0.2) is 0 Å². The maximum atomic E-state index is 13.2. The number of hydrogen-bond acceptors (Lipinski definition) is 5. The molecule has 33 heavy (non-hydrogen) atoms. The van der Waals surface area contributed by atoms with Gasteiger partial charge in [-0.2, -0.15) is 0 Å². The van der Waals surface area contributed by atoms with E-state index in [0.717, 1.165) is 5.56 Å². The summed E-state index contributed by atoms with van der Waals surface area (Å²) in [5.41, 5.74) is 1.33. The van der Waals surface area contributed by atoms with Crippen LogP contribution in [0.1, 0.15) is 42.4 Å². The summed E-state index contributed by atoms with van der Waals surface area (Å²) in [4.78, 5) is 51.3. The number of rotatable bonds is 6. The third kappa shape index (κ3) is 4.26. The van der Waals surface area contributed by atoms with Crippen molar-refractivity contribution < 1.29 is 23.9 Å². The number of anilines is 1. The van der Waals surface area contributed by atoms with Crippen molar-refractivity contribution in [3.63, 3.8) is 0 Å². The molecular weight excluding hydrogens is 424 g/mol. The minimum absolute atomic E-state index is 0.0660. The van der Waals surface area contributed by atoms with E-state index in [0.29, 0.717) is 29.9 Å². The number of imide groups is 1. The van der Waals surface area contributed by atoms with Gasteiger partial charge in [-0.05, 0) is 36.1 Å². The highest BCUT2D eigenvalue weighted by Gasteiger charge is 2.57. The smallest absolute Gasteiger partial charge is 0.415 e. The summed E-state index contributed by atoms with van der Waals surface area (Å²) in [6.07, 6.45) is -0.494. The first-order valence-corrected chi connectivity index (χ1v) is 10.9. The predicted molar refractivity (Wildman–Crippen MR) is 120 cm³/mol. The second kappa shape index (κ2) is 8.93. The maximum Gasteiger partial charge on any atom is 0.415 e. The van der Waals surface area contributed by atoms with Gasteiger partial charge in [-0.3, -0.25) is 14.9 Å². The number of carbonyl (C=O) groups is 4. The number of fused-ring (bicyclic) bond motifs is 2. The number of benzene rings is 2. The molecule has 1 saturated heterocycles. The Labute approximate surface area is 191 Å². The molecule has 172 valence electrons. The van der Waals surface area contributed by atoms with Crippen LogP contribution in [0, 0.1) is 0 Å². The van der Waals surface area contributed by atoms with Gasteiger partial charge in [0.05, 0.1) is 0 Å². The second-order valence-electron chi connectivity index (χ2n) is 8.18. The first kappa shape index (κ1) is 22.3. The zero-order valence-electron chi connectivity index (χ0n) is 18.5. The van der Waals surface area contributed by atoms with Crippen LogP contribution in [0.3, 0.4) is 0 Å². The summed E-state index contributed by atoms with van der Waals surface area (Å²) in [7, 11) is 1.51. The van der Waals surface area contributed by atoms with Crippen molar-refractivity contribution >= 4 is 29.6 Å². The van der Waals surface area contributed by atoms with E-state index in [2.05, 4.69) is 16.0 Å². The van der Waals surface area contributed by atoms with Gasteiger partial charge in [0.2, 0.25) is 11.5 Å². The molecule has 5 amide bonds. The average molecular weight is 450 g/mol. The summed E-state index contributed by atoms with van der Waals surface area (Å²) in [5.74, 6) is -0.962. The second-order valence-corrected chi connectivity index (χ2v) is 8.18. The molecule has 4 rings (SSSR count). The summed E-state index contributed by atoms with van der Waals surface area (Å²) < 4.78 is 5.46. The molecule has 1 spiro atoms. The quantitative estimate of drug-likeness (QED) is 0.626. The van der Waals surface area contributed by atoms with E-state index in [1.165, 1.54) is 7.05 Å². The van der Waals surface area contributed by atoms with E-state index in [1.807, 2.05) is 37.3 Å². The third-order valence-electron chi connectivity index (χ3n) is 6.17. The third-order valence-corrected chi connectivity index (χ3v) is 6.17. The Kier molecular flexibility index (Phi) is 6.04. The van der Waals surface area contributed by atoms with Crippen molar-refractivity contribution in [2.75, 3.05) is 18.9 Å². The number of urea groups is 1. The molecule has 2 aliphatic rings. The Hall–Kier alpha value is -3.88. The van der Waals surface area contributed by atoms with Gasteiger partial charge in [-0.25, -0.2) is 9.59 Å². The summed E-state index contributed by atoms with van der Waals surface area (Å²) in [6, 6.07) is 14.4. The van der Waals surface area contributed by atoms with Crippen molar-refractivity contribution in [2.45, 2.75) is 37.8 Å². The van der Waals surface area contributed by atoms with Crippen LogP contribution >= 0.6 is 0 Å². The normalized spacial score (nSPS) is 20.7. The molecule has 0 bridgehead atoms. The number of hydrogen-bond donors (Lipinski definition) is 3. The highest BCUT2D eigenvalue weighted by molar-refractivity contribution is 6.04. The van der Waals surface area contributed by atoms with Crippen LogP contribution < -0.4 is 16.0 Å². The Morgan fingerprint density at radius 3 is 2.58 bits per heavy atom. The molecule has 1 heterocycles. The lowest BCUT2D eigenvalue weighted by atomic mass is 9.94. The standard InChI is InChI=1S/C24H26N4O5/c1-3-28(14-15-7-5-4-6-8-15)20(29)11-16-13-24(21(30)27-23(32)33-24)19-10-9-17(12-18(16)19)26-22(31)25-2/h4-10,12,16H,3,11,13-14H2,1-2H3,(H2,25,26,31)(H,27,30,32)/t16?,24-/m1/s1. The fourth-order valence-electron chi connectivity index (χ4n) is 4.54. The average Bonchev–Trinajstić information content (AvgIpc) is 3.27. The molecule has 9 nitrogen and oxygen atoms in total. The van der Waals surface area contributed by atoms with E-state index < -0.39 is 17.6 Å². The van der Waals surface area contributed by atoms with E-state index in [1.54, 1.807) is 23.1 Å². The van der Waals surface area contributed by atoms with Gasteiger partial charge >= 0.3 is 12.1 Å². The summed E-state index contributed by atoms with van der Waals surface area (Å²) in [6.45, 7) is 2.93. The zero-order chi connectivity index (χ0) is 23.6. The minimum Gasteiger partial charge on any atom is -0.427 e. The molecule has 2 aromatic carbocycles. The van der Waals surface area contributed by atoms with E-state index >= 15 is 0 Å². The van der Waals surface area contributed by atoms with E-state index in [4.69, 9.17) is 4.74 Å². The molecule has 1 aliphatic heterocycles. The van der Waals surface area contributed by atoms with Crippen molar-refractivity contribution in [2.24, 2.45) is 0 Å². The fourth-order valence-corrected chi connectivity index (χ4v) is 4.54. The van der Waals surface area contributed by atoms with Crippen LogP contribution in [0.4, 0.5) is 15.3 Å². The molecule has 1 aliphatic carbocycles. The Bertz CT molecular complexity index is 1100. The van der Waals surface area contributed by atoms with E-state index in [9.17, 15) is 19.2 Å². The topological polar surface area (TPSA) is 117 Å². The fraction of sp³-hybridized carbons (Fsp3) is 0.333. The molecule has 0 aromatic heterocycles. The molecule has 1 fully saturated rings. The summed E-state index contributed by atoms with van der Waals surface area (Å²) >= 11 is 0. The van der Waals surface area contributed by atoms with Crippen LogP contribution in [0.25, 0.3) is 0 Å². The van der Waals surface area contributed by atoms with Crippen LogP contribution in [0.5, 0.6) is 0 Å². The van der Waals surface area contributed by atoms with Crippen LogP contribution in [-0.2, 0) is 26.5 Å². The van der Waals surface area contributed by atoms with Crippen molar-refractivity contribution in [3.05, 3.63) is 65.2 Å². The van der Waals surface area contributed by atoms with Gasteiger partial charge < -0.3 is 20.3 Å². The number of nitrogens with zero attached hydrogens (tertiary/aromatic N) is 1. The lowest BCUT2D eigenvalue weighted by Gasteiger charge is -2.24.